The number of carbonyl (C=O) groups is 1. The zero-order valence-corrected chi connectivity index (χ0v) is 8.55. The molecule has 4 nitrogen and oxygen atoms in total. The summed E-state index contributed by atoms with van der Waals surface area (Å²) < 4.78 is 0. The van der Waals surface area contributed by atoms with Crippen molar-refractivity contribution in [3.8, 4) is 0 Å². The van der Waals surface area contributed by atoms with Crippen LogP contribution in [0.5, 0.6) is 0 Å². The van der Waals surface area contributed by atoms with Gasteiger partial charge in [0.05, 0.1) is 6.10 Å². The average Bonchev–Trinajstić information content (AvgIpc) is 2.18. The van der Waals surface area contributed by atoms with Crippen LogP contribution in [0.25, 0.3) is 0 Å². The first-order chi connectivity index (χ1) is 7.00. The van der Waals surface area contributed by atoms with Gasteiger partial charge in [0.15, 0.2) is 0 Å². The van der Waals surface area contributed by atoms with Gasteiger partial charge in [-0.05, 0) is 24.5 Å². The number of rotatable bonds is 4. The summed E-state index contributed by atoms with van der Waals surface area (Å²) in [7, 11) is 0. The van der Waals surface area contributed by atoms with Gasteiger partial charge < -0.3 is 15.9 Å². The second-order valence-corrected chi connectivity index (χ2v) is 3.57. The van der Waals surface area contributed by atoms with Crippen LogP contribution in [0.3, 0.4) is 0 Å². The highest BCUT2D eigenvalue weighted by molar-refractivity contribution is 5.73. The number of aliphatic hydroxyl groups excluding tert-OH is 1. The van der Waals surface area contributed by atoms with E-state index in [4.69, 9.17) is 10.8 Å². The summed E-state index contributed by atoms with van der Waals surface area (Å²) in [5.74, 6) is -1.02. The SMILES string of the molecule is CC(O)c1cccc(CC(N)C(=O)O)c1. The zero-order valence-electron chi connectivity index (χ0n) is 8.55. The summed E-state index contributed by atoms with van der Waals surface area (Å²) in [6, 6.07) is 6.25. The van der Waals surface area contributed by atoms with E-state index in [1.54, 1.807) is 31.2 Å². The number of nitrogens with two attached hydrogens (primary N) is 1. The van der Waals surface area contributed by atoms with Gasteiger partial charge in [-0.25, -0.2) is 0 Å². The van der Waals surface area contributed by atoms with Gasteiger partial charge in [0, 0.05) is 0 Å². The van der Waals surface area contributed by atoms with Gasteiger partial charge in [-0.2, -0.15) is 0 Å². The Morgan fingerprint density at radius 1 is 1.53 bits per heavy atom. The van der Waals surface area contributed by atoms with Crippen molar-refractivity contribution < 1.29 is 15.0 Å². The Hall–Kier alpha value is -1.39. The second-order valence-electron chi connectivity index (χ2n) is 3.57. The highest BCUT2D eigenvalue weighted by Crippen LogP contribution is 2.14. The van der Waals surface area contributed by atoms with Crippen molar-refractivity contribution in [1.82, 2.24) is 0 Å². The minimum atomic E-state index is -1.02. The molecule has 2 atom stereocenters. The van der Waals surface area contributed by atoms with E-state index in [1.807, 2.05) is 0 Å². The molecule has 4 heteroatoms. The molecule has 0 spiro atoms. The smallest absolute Gasteiger partial charge is 0.320 e. The fraction of sp³-hybridized carbons (Fsp3) is 0.364. The molecule has 1 aromatic carbocycles. The minimum absolute atomic E-state index is 0.274. The van der Waals surface area contributed by atoms with Gasteiger partial charge in [0.25, 0.3) is 0 Å². The topological polar surface area (TPSA) is 83.5 Å². The molecule has 0 saturated carbocycles. The van der Waals surface area contributed by atoms with E-state index < -0.39 is 18.1 Å². The van der Waals surface area contributed by atoms with Crippen LogP contribution in [0, 0.1) is 0 Å². The Labute approximate surface area is 88.3 Å². The number of benzene rings is 1. The lowest BCUT2D eigenvalue weighted by molar-refractivity contribution is -0.138. The number of hydrogen-bond donors (Lipinski definition) is 3. The summed E-state index contributed by atoms with van der Waals surface area (Å²) in [6.07, 6.45) is -0.276. The van der Waals surface area contributed by atoms with Crippen LogP contribution in [-0.2, 0) is 11.2 Å². The normalized spacial score (nSPS) is 14.6. The maximum Gasteiger partial charge on any atom is 0.320 e. The third-order valence-electron chi connectivity index (χ3n) is 2.21. The van der Waals surface area contributed by atoms with Crippen LogP contribution in [0.2, 0.25) is 0 Å². The molecule has 82 valence electrons. The summed E-state index contributed by atoms with van der Waals surface area (Å²) >= 11 is 0. The Balaban J connectivity index is 2.78. The molecule has 0 aliphatic carbocycles. The van der Waals surface area contributed by atoms with Crippen LogP contribution in [0.15, 0.2) is 24.3 Å². The fourth-order valence-corrected chi connectivity index (χ4v) is 1.32. The molecule has 1 aromatic rings. The molecule has 0 aliphatic heterocycles. The van der Waals surface area contributed by atoms with Crippen molar-refractivity contribution >= 4 is 5.97 Å². The standard InChI is InChI=1S/C11H15NO3/c1-7(13)9-4-2-3-8(5-9)6-10(12)11(14)15/h2-5,7,10,13H,6,12H2,1H3,(H,14,15). The first-order valence-corrected chi connectivity index (χ1v) is 4.76. The van der Waals surface area contributed by atoms with E-state index in [-0.39, 0.29) is 6.42 Å². The minimum Gasteiger partial charge on any atom is -0.480 e. The van der Waals surface area contributed by atoms with Gasteiger partial charge in [-0.3, -0.25) is 4.79 Å². The second kappa shape index (κ2) is 4.91. The van der Waals surface area contributed by atoms with Crippen molar-refractivity contribution in [3.05, 3.63) is 35.4 Å². The van der Waals surface area contributed by atoms with Crippen molar-refractivity contribution in [2.45, 2.75) is 25.5 Å². The first-order valence-electron chi connectivity index (χ1n) is 4.76. The van der Waals surface area contributed by atoms with E-state index in [9.17, 15) is 9.90 Å². The summed E-state index contributed by atoms with van der Waals surface area (Å²) in [4.78, 5) is 10.5. The number of aliphatic hydroxyl groups is 1. The molecular weight excluding hydrogens is 194 g/mol. The monoisotopic (exact) mass is 209 g/mol. The van der Waals surface area contributed by atoms with Crippen molar-refractivity contribution in [2.75, 3.05) is 0 Å². The number of carboxylic acids is 1. The number of aliphatic carboxylic acids is 1. The molecule has 4 N–H and O–H groups in total. The van der Waals surface area contributed by atoms with E-state index in [0.717, 1.165) is 11.1 Å². The zero-order chi connectivity index (χ0) is 11.4. The molecule has 15 heavy (non-hydrogen) atoms. The predicted molar refractivity (Wildman–Crippen MR) is 56.4 cm³/mol. The fourth-order valence-electron chi connectivity index (χ4n) is 1.32. The number of carboxylic acid groups (broad SMARTS) is 1. The third-order valence-corrected chi connectivity index (χ3v) is 2.21. The molecule has 2 unspecified atom stereocenters. The van der Waals surface area contributed by atoms with Crippen LogP contribution in [0.4, 0.5) is 0 Å². The lowest BCUT2D eigenvalue weighted by Gasteiger charge is -2.09. The van der Waals surface area contributed by atoms with Gasteiger partial charge >= 0.3 is 5.97 Å². The highest BCUT2D eigenvalue weighted by atomic mass is 16.4. The van der Waals surface area contributed by atoms with Crippen molar-refractivity contribution in [1.29, 1.82) is 0 Å². The maximum atomic E-state index is 10.5. The third kappa shape index (κ3) is 3.34. The molecule has 0 fully saturated rings. The van der Waals surface area contributed by atoms with Gasteiger partial charge in [-0.1, -0.05) is 24.3 Å². The first kappa shape index (κ1) is 11.7. The lowest BCUT2D eigenvalue weighted by atomic mass is 10.0. The predicted octanol–water partition coefficient (Wildman–Crippen LogP) is 0.694. The molecule has 0 aliphatic rings. The van der Waals surface area contributed by atoms with Gasteiger partial charge in [0.1, 0.15) is 6.04 Å². The largest absolute Gasteiger partial charge is 0.480 e. The van der Waals surface area contributed by atoms with Crippen molar-refractivity contribution in [2.24, 2.45) is 5.73 Å². The van der Waals surface area contributed by atoms with E-state index in [1.165, 1.54) is 0 Å². The number of hydrogen-bond acceptors (Lipinski definition) is 3. The Morgan fingerprint density at radius 3 is 2.73 bits per heavy atom. The summed E-state index contributed by atoms with van der Waals surface area (Å²) in [5, 5.41) is 18.0. The van der Waals surface area contributed by atoms with Crippen LogP contribution < -0.4 is 5.73 Å². The molecule has 0 amide bonds. The highest BCUT2D eigenvalue weighted by Gasteiger charge is 2.12. The average molecular weight is 209 g/mol. The summed E-state index contributed by atoms with van der Waals surface area (Å²) in [6.45, 7) is 1.66. The van der Waals surface area contributed by atoms with Crippen molar-refractivity contribution in [3.63, 3.8) is 0 Å². The van der Waals surface area contributed by atoms with E-state index in [2.05, 4.69) is 0 Å². The molecular formula is C11H15NO3. The maximum absolute atomic E-state index is 10.5. The Morgan fingerprint density at radius 2 is 2.20 bits per heavy atom. The van der Waals surface area contributed by atoms with Crippen LogP contribution in [-0.4, -0.2) is 22.2 Å². The Kier molecular flexibility index (Phi) is 3.82. The van der Waals surface area contributed by atoms with Crippen LogP contribution >= 0.6 is 0 Å². The molecule has 0 radical (unpaired) electrons. The lowest BCUT2D eigenvalue weighted by Crippen LogP contribution is -2.32. The Bertz CT molecular complexity index is 349. The van der Waals surface area contributed by atoms with E-state index >= 15 is 0 Å². The van der Waals surface area contributed by atoms with Gasteiger partial charge in [0.2, 0.25) is 0 Å². The molecule has 0 aromatic heterocycles. The quantitative estimate of drug-likeness (QED) is 0.681. The molecule has 0 bridgehead atoms. The van der Waals surface area contributed by atoms with E-state index in [0.29, 0.717) is 0 Å². The summed E-state index contributed by atoms with van der Waals surface area (Å²) in [5.41, 5.74) is 7.00. The van der Waals surface area contributed by atoms with Gasteiger partial charge in [-0.15, -0.1) is 0 Å². The molecule has 1 rings (SSSR count). The molecule has 0 heterocycles. The van der Waals surface area contributed by atoms with Crippen LogP contribution in [0.1, 0.15) is 24.2 Å². The molecule has 0 saturated heterocycles.